The summed E-state index contributed by atoms with van der Waals surface area (Å²) in [6.45, 7) is 4.78. The van der Waals surface area contributed by atoms with Crippen LogP contribution in [0.1, 0.15) is 316 Å². The molecule has 0 aromatic heterocycles. The zero-order chi connectivity index (χ0) is 64.8. The monoisotopic (exact) mass is 1260 g/mol. The Kier molecular flexibility index (Phi) is 66.4. The molecule has 0 bridgehead atoms. The van der Waals surface area contributed by atoms with Gasteiger partial charge in [-0.05, 0) is 96.3 Å². The van der Waals surface area contributed by atoms with Crippen molar-refractivity contribution in [1.82, 2.24) is 5.32 Å². The van der Waals surface area contributed by atoms with Crippen molar-refractivity contribution >= 4 is 13.7 Å². The topological polar surface area (TPSA) is 105 Å². The number of phosphoric ester groups is 1. The van der Waals surface area contributed by atoms with E-state index < -0.39 is 20.0 Å². The Bertz CT molecular complexity index is 1920. The Morgan fingerprint density at radius 1 is 0.393 bits per heavy atom. The second-order valence-electron chi connectivity index (χ2n) is 25.9. The van der Waals surface area contributed by atoms with Crippen molar-refractivity contribution in [2.45, 2.75) is 328 Å². The number of nitrogens with zero attached hydrogens (tertiary/aromatic N) is 1. The molecule has 89 heavy (non-hydrogen) atoms. The van der Waals surface area contributed by atoms with E-state index in [9.17, 15) is 19.4 Å². The number of likely N-dealkylation sites (N-methyl/N-ethyl adjacent to an activating group) is 1. The van der Waals surface area contributed by atoms with Gasteiger partial charge >= 0.3 is 7.82 Å². The minimum atomic E-state index is -4.35. The van der Waals surface area contributed by atoms with Crippen molar-refractivity contribution in [3.63, 3.8) is 0 Å². The predicted molar refractivity (Wildman–Crippen MR) is 391 cm³/mol. The Hall–Kier alpha value is -3.36. The number of unbranched alkanes of at least 4 members (excludes halogenated alkanes) is 32. The zero-order valence-electron chi connectivity index (χ0n) is 58.6. The number of quaternary nitrogens is 1. The van der Waals surface area contributed by atoms with Crippen molar-refractivity contribution in [1.29, 1.82) is 0 Å². The van der Waals surface area contributed by atoms with Crippen LogP contribution in [0, 0.1) is 0 Å². The third-order valence-corrected chi connectivity index (χ3v) is 17.1. The van der Waals surface area contributed by atoms with Gasteiger partial charge < -0.3 is 19.8 Å². The number of hydrogen-bond acceptors (Lipinski definition) is 5. The fourth-order valence-corrected chi connectivity index (χ4v) is 11.2. The first-order valence-corrected chi connectivity index (χ1v) is 38.5. The molecule has 3 N–H and O–H groups in total. The normalized spacial score (nSPS) is 14.4. The summed E-state index contributed by atoms with van der Waals surface area (Å²) in [5.74, 6) is -0.164. The molecule has 0 radical (unpaired) electrons. The van der Waals surface area contributed by atoms with Gasteiger partial charge in [0.2, 0.25) is 5.91 Å². The van der Waals surface area contributed by atoms with Crippen LogP contribution in [0.15, 0.2) is 134 Å². The molecule has 0 aliphatic carbocycles. The maximum absolute atomic E-state index is 13.1. The van der Waals surface area contributed by atoms with E-state index in [1.807, 2.05) is 21.1 Å². The van der Waals surface area contributed by atoms with Crippen LogP contribution in [0.3, 0.4) is 0 Å². The van der Waals surface area contributed by atoms with E-state index in [2.05, 4.69) is 153 Å². The maximum Gasteiger partial charge on any atom is 0.472 e. The van der Waals surface area contributed by atoms with Gasteiger partial charge in [0.15, 0.2) is 0 Å². The Morgan fingerprint density at radius 2 is 0.674 bits per heavy atom. The summed E-state index contributed by atoms with van der Waals surface area (Å²) in [7, 11) is 1.59. The number of rotatable bonds is 67. The highest BCUT2D eigenvalue weighted by atomic mass is 31.2. The number of carbonyl (C=O) groups excluding carboxylic acids is 1. The van der Waals surface area contributed by atoms with Crippen molar-refractivity contribution in [3.8, 4) is 0 Å². The van der Waals surface area contributed by atoms with Crippen LogP contribution in [0.5, 0.6) is 0 Å². The van der Waals surface area contributed by atoms with E-state index in [-0.39, 0.29) is 19.1 Å². The number of amides is 1. The molecule has 0 saturated heterocycles. The van der Waals surface area contributed by atoms with Gasteiger partial charge in [-0.1, -0.05) is 347 Å². The van der Waals surface area contributed by atoms with Crippen LogP contribution in [-0.4, -0.2) is 73.4 Å². The minimum absolute atomic E-state index is 0.0644. The Labute approximate surface area is 551 Å². The number of carbonyl (C=O) groups is 1. The lowest BCUT2D eigenvalue weighted by atomic mass is 10.0. The first kappa shape index (κ1) is 85.6. The van der Waals surface area contributed by atoms with E-state index >= 15 is 0 Å². The van der Waals surface area contributed by atoms with Crippen molar-refractivity contribution < 1.29 is 32.9 Å². The molecule has 0 rings (SSSR count). The van der Waals surface area contributed by atoms with Crippen molar-refractivity contribution in [2.75, 3.05) is 40.9 Å². The standard InChI is InChI=1S/C80H141N2O6P/c1-6-8-10-12-14-16-18-20-22-24-26-28-30-32-34-36-37-38-39-40-41-42-43-44-45-46-48-50-52-54-56-58-60-62-64-66-68-70-72-74-80(84)81-78(77-88-89(85,86)87-76-75-82(3,4)5)79(83)73-71-69-67-65-63-61-59-57-55-53-51-49-47-35-33-31-29-27-25-23-21-19-17-15-13-11-9-7-2/h8,10,14,16,20,22,26,28,32,34,37-38,40-41,43-44,46,48,52,54,58,60,78-79,83H,6-7,9,11-13,15,17-19,21,23-25,27,29-31,33,35-36,39,42,45,47,49-51,53,55-57,59,61-77H2,1-5H3,(H-,81,84,85,86)/p+1/b10-8-,16-14-,22-20-,28-26-,34-32-,38-37-,41-40-,44-43-,48-46-,54-52-,60-58-. The number of aliphatic hydroxyl groups excluding tert-OH is 1. The lowest BCUT2D eigenvalue weighted by molar-refractivity contribution is -0.870. The summed E-state index contributed by atoms with van der Waals surface area (Å²) >= 11 is 0. The van der Waals surface area contributed by atoms with E-state index in [4.69, 9.17) is 9.05 Å². The summed E-state index contributed by atoms with van der Waals surface area (Å²) in [4.78, 5) is 23.5. The summed E-state index contributed by atoms with van der Waals surface area (Å²) in [5, 5.41) is 14.1. The number of hydrogen-bond donors (Lipinski definition) is 3. The van der Waals surface area contributed by atoms with Gasteiger partial charge in [-0.25, -0.2) is 4.57 Å². The van der Waals surface area contributed by atoms with Crippen molar-refractivity contribution in [2.24, 2.45) is 0 Å². The Balaban J connectivity index is 4.13. The highest BCUT2D eigenvalue weighted by Crippen LogP contribution is 2.43. The molecule has 0 fully saturated rings. The molecule has 3 atom stereocenters. The lowest BCUT2D eigenvalue weighted by Gasteiger charge is -2.26. The van der Waals surface area contributed by atoms with E-state index in [0.29, 0.717) is 23.9 Å². The second kappa shape index (κ2) is 69.0. The first-order chi connectivity index (χ1) is 43.5. The van der Waals surface area contributed by atoms with Gasteiger partial charge in [0.1, 0.15) is 13.2 Å². The maximum atomic E-state index is 13.1. The molecule has 8 nitrogen and oxygen atoms in total. The van der Waals surface area contributed by atoms with E-state index in [1.54, 1.807) is 0 Å². The Morgan fingerprint density at radius 3 is 0.989 bits per heavy atom. The van der Waals surface area contributed by atoms with E-state index in [0.717, 1.165) is 128 Å². The summed E-state index contributed by atoms with van der Waals surface area (Å²) in [5.41, 5.74) is 0. The summed E-state index contributed by atoms with van der Waals surface area (Å²) in [6.07, 6.45) is 104. The fourth-order valence-electron chi connectivity index (χ4n) is 10.5. The smallest absolute Gasteiger partial charge is 0.391 e. The molecule has 0 heterocycles. The molecule has 1 amide bonds. The zero-order valence-corrected chi connectivity index (χ0v) is 59.5. The summed E-state index contributed by atoms with van der Waals surface area (Å²) < 4.78 is 23.9. The minimum Gasteiger partial charge on any atom is -0.391 e. The molecule has 0 aliphatic heterocycles. The fraction of sp³-hybridized carbons (Fsp3) is 0.713. The van der Waals surface area contributed by atoms with Crippen LogP contribution in [0.25, 0.3) is 0 Å². The average Bonchev–Trinajstić information content (AvgIpc) is 3.55. The second-order valence-corrected chi connectivity index (χ2v) is 27.4. The number of phosphoric acid groups is 1. The molecular formula is C80H142N2O6P+. The molecule has 0 spiro atoms. The van der Waals surface area contributed by atoms with Crippen LogP contribution < -0.4 is 5.32 Å². The first-order valence-electron chi connectivity index (χ1n) is 37.0. The van der Waals surface area contributed by atoms with Gasteiger partial charge in [0.05, 0.1) is 39.9 Å². The van der Waals surface area contributed by atoms with Crippen LogP contribution in [-0.2, 0) is 18.4 Å². The largest absolute Gasteiger partial charge is 0.472 e. The van der Waals surface area contributed by atoms with Gasteiger partial charge in [0, 0.05) is 6.42 Å². The molecular weight excluding hydrogens is 1120 g/mol. The van der Waals surface area contributed by atoms with E-state index in [1.165, 1.54) is 161 Å². The number of aliphatic hydroxyl groups is 1. The molecule has 512 valence electrons. The highest BCUT2D eigenvalue weighted by molar-refractivity contribution is 7.47. The highest BCUT2D eigenvalue weighted by Gasteiger charge is 2.28. The van der Waals surface area contributed by atoms with Gasteiger partial charge in [-0.15, -0.1) is 0 Å². The summed E-state index contributed by atoms with van der Waals surface area (Å²) in [6, 6.07) is -0.783. The van der Waals surface area contributed by atoms with Crippen LogP contribution >= 0.6 is 7.82 Å². The predicted octanol–water partition coefficient (Wildman–Crippen LogP) is 24.2. The van der Waals surface area contributed by atoms with Crippen molar-refractivity contribution in [3.05, 3.63) is 134 Å². The van der Waals surface area contributed by atoms with Crippen LogP contribution in [0.2, 0.25) is 0 Å². The van der Waals surface area contributed by atoms with Gasteiger partial charge in [-0.3, -0.25) is 13.8 Å². The lowest BCUT2D eigenvalue weighted by Crippen LogP contribution is -2.46. The molecule has 3 unspecified atom stereocenters. The molecule has 0 aromatic carbocycles. The third kappa shape index (κ3) is 71.9. The van der Waals surface area contributed by atoms with Crippen LogP contribution in [0.4, 0.5) is 0 Å². The quantitative estimate of drug-likeness (QED) is 0.0243. The molecule has 0 aliphatic rings. The van der Waals surface area contributed by atoms with Gasteiger partial charge in [0.25, 0.3) is 0 Å². The SMILES string of the molecule is CC/C=C\C/C=C\C/C=C\C/C=C\C/C=C\C/C=C\C/C=C\C/C=C\C/C=C\C/C=C\C/C=C\CCCCCCCC(=O)NC(COP(=O)(O)OCC[N+](C)(C)C)C(O)CCCCCCCCCCCCCCCCCCCCCCCCCCCCCC. The third-order valence-electron chi connectivity index (χ3n) is 16.2. The molecule has 9 heteroatoms. The number of allylic oxidation sites excluding steroid dienone is 22. The molecule has 0 aromatic rings. The average molecular weight is 1260 g/mol. The number of nitrogens with one attached hydrogen (secondary N) is 1. The van der Waals surface area contributed by atoms with Gasteiger partial charge in [-0.2, -0.15) is 0 Å². The molecule has 0 saturated carbocycles.